The second kappa shape index (κ2) is 7.09. The third kappa shape index (κ3) is 4.35. The molecule has 0 spiro atoms. The fourth-order valence-corrected chi connectivity index (χ4v) is 3.45. The standard InChI is InChI=1S/C18H29N/c1-4-19-18-8-6-5-7-16(13-18)12-17-11-14(2)9-10-15(17)3/h9-11,16,18-19H,4-8,12-13H2,1-3H3. The Hall–Kier alpha value is -0.820. The van der Waals surface area contributed by atoms with Crippen molar-refractivity contribution in [3.63, 3.8) is 0 Å². The number of rotatable bonds is 4. The molecule has 1 aromatic carbocycles. The normalized spacial score (nSPS) is 24.2. The van der Waals surface area contributed by atoms with Gasteiger partial charge < -0.3 is 5.32 Å². The summed E-state index contributed by atoms with van der Waals surface area (Å²) in [6, 6.07) is 7.65. The molecule has 1 aliphatic carbocycles. The van der Waals surface area contributed by atoms with Crippen LogP contribution in [0, 0.1) is 19.8 Å². The summed E-state index contributed by atoms with van der Waals surface area (Å²) < 4.78 is 0. The van der Waals surface area contributed by atoms with Crippen molar-refractivity contribution in [1.29, 1.82) is 0 Å². The molecule has 0 radical (unpaired) electrons. The Bertz CT molecular complexity index is 397. The Kier molecular flexibility index (Phi) is 5.45. The fraction of sp³-hybridized carbons (Fsp3) is 0.667. The van der Waals surface area contributed by atoms with E-state index >= 15 is 0 Å². The van der Waals surface area contributed by atoms with Crippen LogP contribution in [0.3, 0.4) is 0 Å². The van der Waals surface area contributed by atoms with Gasteiger partial charge in [0.1, 0.15) is 0 Å². The van der Waals surface area contributed by atoms with Crippen LogP contribution in [0.2, 0.25) is 0 Å². The summed E-state index contributed by atoms with van der Waals surface area (Å²) in [5.74, 6) is 0.868. The molecule has 106 valence electrons. The monoisotopic (exact) mass is 259 g/mol. The molecule has 0 aliphatic heterocycles. The molecule has 1 aliphatic rings. The molecule has 2 rings (SSSR count). The second-order valence-electron chi connectivity index (χ2n) is 6.27. The molecule has 0 saturated heterocycles. The van der Waals surface area contributed by atoms with Crippen molar-refractivity contribution in [2.45, 2.75) is 65.3 Å². The molecule has 1 N–H and O–H groups in total. The van der Waals surface area contributed by atoms with Gasteiger partial charge in [-0.3, -0.25) is 0 Å². The fourth-order valence-electron chi connectivity index (χ4n) is 3.45. The van der Waals surface area contributed by atoms with E-state index in [1.54, 1.807) is 5.56 Å². The van der Waals surface area contributed by atoms with Gasteiger partial charge in [-0.05, 0) is 56.7 Å². The molecular formula is C18H29N. The molecule has 0 aromatic heterocycles. The van der Waals surface area contributed by atoms with Gasteiger partial charge in [0.05, 0.1) is 0 Å². The van der Waals surface area contributed by atoms with Gasteiger partial charge in [-0.25, -0.2) is 0 Å². The zero-order chi connectivity index (χ0) is 13.7. The van der Waals surface area contributed by atoms with E-state index in [4.69, 9.17) is 0 Å². The lowest BCUT2D eigenvalue weighted by Crippen LogP contribution is -2.30. The third-order valence-corrected chi connectivity index (χ3v) is 4.54. The van der Waals surface area contributed by atoms with Gasteiger partial charge in [0.2, 0.25) is 0 Å². The summed E-state index contributed by atoms with van der Waals surface area (Å²) in [5, 5.41) is 3.67. The molecule has 1 aromatic rings. The van der Waals surface area contributed by atoms with Crippen LogP contribution in [-0.2, 0) is 6.42 Å². The Morgan fingerprint density at radius 2 is 1.95 bits per heavy atom. The Labute approximate surface area is 118 Å². The van der Waals surface area contributed by atoms with Crippen LogP contribution in [-0.4, -0.2) is 12.6 Å². The van der Waals surface area contributed by atoms with E-state index in [0.717, 1.165) is 18.5 Å². The van der Waals surface area contributed by atoms with Crippen LogP contribution in [0.1, 0.15) is 55.7 Å². The molecule has 1 fully saturated rings. The predicted octanol–water partition coefficient (Wildman–Crippen LogP) is 4.40. The summed E-state index contributed by atoms with van der Waals surface area (Å²) in [6.45, 7) is 7.80. The highest BCUT2D eigenvalue weighted by atomic mass is 14.9. The lowest BCUT2D eigenvalue weighted by atomic mass is 9.89. The van der Waals surface area contributed by atoms with Crippen LogP contribution in [0.25, 0.3) is 0 Å². The molecular weight excluding hydrogens is 230 g/mol. The first kappa shape index (κ1) is 14.6. The number of aryl methyl sites for hydroxylation is 2. The van der Waals surface area contributed by atoms with Gasteiger partial charge in [0.15, 0.2) is 0 Å². The zero-order valence-corrected chi connectivity index (χ0v) is 12.8. The van der Waals surface area contributed by atoms with Crippen LogP contribution in [0.5, 0.6) is 0 Å². The molecule has 1 saturated carbocycles. The molecule has 1 nitrogen and oxygen atoms in total. The van der Waals surface area contributed by atoms with E-state index in [1.165, 1.54) is 49.7 Å². The summed E-state index contributed by atoms with van der Waals surface area (Å²) in [4.78, 5) is 0. The van der Waals surface area contributed by atoms with E-state index in [9.17, 15) is 0 Å². The van der Waals surface area contributed by atoms with E-state index < -0.39 is 0 Å². The van der Waals surface area contributed by atoms with Crippen molar-refractivity contribution < 1.29 is 0 Å². The number of hydrogen-bond acceptors (Lipinski definition) is 1. The third-order valence-electron chi connectivity index (χ3n) is 4.54. The van der Waals surface area contributed by atoms with Gasteiger partial charge in [-0.1, -0.05) is 49.9 Å². The topological polar surface area (TPSA) is 12.0 Å². The lowest BCUT2D eigenvalue weighted by molar-refractivity contribution is 0.389. The van der Waals surface area contributed by atoms with Crippen molar-refractivity contribution in [2.24, 2.45) is 5.92 Å². The highest BCUT2D eigenvalue weighted by Crippen LogP contribution is 2.27. The molecule has 0 amide bonds. The number of nitrogens with one attached hydrogen (secondary N) is 1. The maximum Gasteiger partial charge on any atom is 0.00696 e. The highest BCUT2D eigenvalue weighted by Gasteiger charge is 2.20. The SMILES string of the molecule is CCNC1CCCCC(Cc2cc(C)ccc2C)C1. The molecule has 2 atom stereocenters. The minimum absolute atomic E-state index is 0.752. The highest BCUT2D eigenvalue weighted by molar-refractivity contribution is 5.30. The van der Waals surface area contributed by atoms with E-state index in [2.05, 4.69) is 44.3 Å². The predicted molar refractivity (Wildman–Crippen MR) is 83.7 cm³/mol. The quantitative estimate of drug-likeness (QED) is 0.790. The van der Waals surface area contributed by atoms with Gasteiger partial charge >= 0.3 is 0 Å². The van der Waals surface area contributed by atoms with E-state index in [1.807, 2.05) is 0 Å². The first-order valence-electron chi connectivity index (χ1n) is 7.98. The first-order valence-corrected chi connectivity index (χ1v) is 7.98. The lowest BCUT2D eigenvalue weighted by Gasteiger charge is -2.21. The van der Waals surface area contributed by atoms with Gasteiger partial charge in [-0.2, -0.15) is 0 Å². The Balaban J connectivity index is 2.02. The minimum Gasteiger partial charge on any atom is -0.314 e. The second-order valence-corrected chi connectivity index (χ2v) is 6.27. The van der Waals surface area contributed by atoms with Crippen LogP contribution in [0.4, 0.5) is 0 Å². The average molecular weight is 259 g/mol. The van der Waals surface area contributed by atoms with Crippen molar-refractivity contribution in [1.82, 2.24) is 5.32 Å². The minimum atomic E-state index is 0.752. The van der Waals surface area contributed by atoms with Crippen LogP contribution >= 0.6 is 0 Å². The zero-order valence-electron chi connectivity index (χ0n) is 12.8. The van der Waals surface area contributed by atoms with E-state index in [-0.39, 0.29) is 0 Å². The van der Waals surface area contributed by atoms with E-state index in [0.29, 0.717) is 0 Å². The van der Waals surface area contributed by atoms with Gasteiger partial charge in [0.25, 0.3) is 0 Å². The summed E-state index contributed by atoms with van der Waals surface area (Å²) in [5.41, 5.74) is 4.44. The van der Waals surface area contributed by atoms with Crippen molar-refractivity contribution in [2.75, 3.05) is 6.54 Å². The van der Waals surface area contributed by atoms with Gasteiger partial charge in [-0.15, -0.1) is 0 Å². The molecule has 0 heterocycles. The Morgan fingerprint density at radius 1 is 1.16 bits per heavy atom. The molecule has 19 heavy (non-hydrogen) atoms. The number of hydrogen-bond donors (Lipinski definition) is 1. The molecule has 2 unspecified atom stereocenters. The summed E-state index contributed by atoms with van der Waals surface area (Å²) in [6.07, 6.45) is 8.24. The van der Waals surface area contributed by atoms with Crippen molar-refractivity contribution in [3.8, 4) is 0 Å². The maximum atomic E-state index is 3.67. The Morgan fingerprint density at radius 3 is 2.74 bits per heavy atom. The smallest absolute Gasteiger partial charge is 0.00696 e. The largest absolute Gasteiger partial charge is 0.314 e. The first-order chi connectivity index (χ1) is 9.19. The van der Waals surface area contributed by atoms with Crippen molar-refractivity contribution in [3.05, 3.63) is 34.9 Å². The van der Waals surface area contributed by atoms with Crippen LogP contribution in [0.15, 0.2) is 18.2 Å². The molecule has 0 bridgehead atoms. The summed E-state index contributed by atoms with van der Waals surface area (Å²) >= 11 is 0. The number of benzene rings is 1. The summed E-state index contributed by atoms with van der Waals surface area (Å²) in [7, 11) is 0. The average Bonchev–Trinajstić information content (AvgIpc) is 2.60. The molecule has 1 heteroatoms. The van der Waals surface area contributed by atoms with Gasteiger partial charge in [0, 0.05) is 6.04 Å². The maximum absolute atomic E-state index is 3.67. The van der Waals surface area contributed by atoms with Crippen molar-refractivity contribution >= 4 is 0 Å². The van der Waals surface area contributed by atoms with Crippen LogP contribution < -0.4 is 5.32 Å².